The fourth-order valence-electron chi connectivity index (χ4n) is 1.75. The Labute approximate surface area is 106 Å². The zero-order valence-corrected chi connectivity index (χ0v) is 10.3. The van der Waals surface area contributed by atoms with Gasteiger partial charge in [-0.25, -0.2) is 4.39 Å². The van der Waals surface area contributed by atoms with Gasteiger partial charge in [-0.15, -0.1) is 0 Å². The molecule has 94 valence electrons. The highest BCUT2D eigenvalue weighted by Crippen LogP contribution is 2.23. The van der Waals surface area contributed by atoms with Crippen molar-refractivity contribution >= 4 is 0 Å². The maximum Gasteiger partial charge on any atom is 0.127 e. The Bertz CT molecular complexity index is 513. The predicted octanol–water partition coefficient (Wildman–Crippen LogP) is 3.67. The topological polar surface area (TPSA) is 21.3 Å². The number of rotatable bonds is 5. The molecular formula is C15H16FNO. The van der Waals surface area contributed by atoms with Crippen LogP contribution < -0.4 is 10.1 Å². The predicted molar refractivity (Wildman–Crippen MR) is 70.5 cm³/mol. The van der Waals surface area contributed by atoms with Crippen molar-refractivity contribution in [2.24, 2.45) is 0 Å². The van der Waals surface area contributed by atoms with Gasteiger partial charge in [-0.2, -0.15) is 0 Å². The monoisotopic (exact) mass is 245 g/mol. The van der Waals surface area contributed by atoms with Crippen molar-refractivity contribution in [1.82, 2.24) is 5.32 Å². The number of ether oxygens (including phenoxy) is 1. The number of halogens is 1. The first-order chi connectivity index (χ1) is 8.81. The van der Waals surface area contributed by atoms with Gasteiger partial charge in [0.25, 0.3) is 0 Å². The smallest absolute Gasteiger partial charge is 0.127 e. The zero-order valence-electron chi connectivity index (χ0n) is 10.3. The lowest BCUT2D eigenvalue weighted by molar-refractivity contribution is 0.468. The summed E-state index contributed by atoms with van der Waals surface area (Å²) < 4.78 is 18.3. The van der Waals surface area contributed by atoms with Gasteiger partial charge in [-0.3, -0.25) is 0 Å². The molecule has 2 rings (SSSR count). The summed E-state index contributed by atoms with van der Waals surface area (Å²) in [6.07, 6.45) is 0. The third-order valence-corrected chi connectivity index (χ3v) is 2.57. The van der Waals surface area contributed by atoms with E-state index in [9.17, 15) is 4.39 Å². The summed E-state index contributed by atoms with van der Waals surface area (Å²) >= 11 is 0. The van der Waals surface area contributed by atoms with E-state index in [4.69, 9.17) is 4.74 Å². The number of benzene rings is 2. The molecule has 2 nitrogen and oxygen atoms in total. The van der Waals surface area contributed by atoms with Crippen molar-refractivity contribution < 1.29 is 9.13 Å². The van der Waals surface area contributed by atoms with Crippen molar-refractivity contribution in [1.29, 1.82) is 0 Å². The molecule has 0 saturated carbocycles. The third-order valence-electron chi connectivity index (χ3n) is 2.57. The molecule has 3 heteroatoms. The van der Waals surface area contributed by atoms with Gasteiger partial charge in [0, 0.05) is 6.54 Å². The largest absolute Gasteiger partial charge is 0.457 e. The number of nitrogens with one attached hydrogen (secondary N) is 1. The molecule has 0 aliphatic heterocycles. The molecule has 0 amide bonds. The van der Waals surface area contributed by atoms with Gasteiger partial charge < -0.3 is 10.1 Å². The van der Waals surface area contributed by atoms with Gasteiger partial charge in [0.05, 0.1) is 0 Å². The molecule has 0 heterocycles. The molecule has 0 aliphatic carbocycles. The third kappa shape index (κ3) is 3.31. The Balaban J connectivity index is 2.14. The quantitative estimate of drug-likeness (QED) is 0.867. The van der Waals surface area contributed by atoms with Crippen LogP contribution in [0.5, 0.6) is 11.5 Å². The molecule has 0 spiro atoms. The van der Waals surface area contributed by atoms with Crippen LogP contribution in [0.2, 0.25) is 0 Å². The van der Waals surface area contributed by atoms with Gasteiger partial charge in [0.15, 0.2) is 0 Å². The van der Waals surface area contributed by atoms with Crippen LogP contribution in [0, 0.1) is 0 Å². The van der Waals surface area contributed by atoms with Crippen LogP contribution in [0.1, 0.15) is 11.1 Å². The standard InChI is InChI=1S/C15H16FNO/c1-17-11-13-5-3-7-15(9-13)18-14-6-2-4-12(8-14)10-16/h2-9,17H,10-11H2,1H3. The van der Waals surface area contributed by atoms with Crippen LogP contribution in [0.4, 0.5) is 4.39 Å². The molecule has 0 fully saturated rings. The van der Waals surface area contributed by atoms with Gasteiger partial charge >= 0.3 is 0 Å². The van der Waals surface area contributed by atoms with E-state index in [-0.39, 0.29) is 0 Å². The van der Waals surface area contributed by atoms with Crippen LogP contribution in [0.15, 0.2) is 48.5 Å². The van der Waals surface area contributed by atoms with E-state index in [0.717, 1.165) is 17.9 Å². The van der Waals surface area contributed by atoms with Gasteiger partial charge in [-0.1, -0.05) is 24.3 Å². The van der Waals surface area contributed by atoms with E-state index >= 15 is 0 Å². The molecule has 0 aromatic heterocycles. The average molecular weight is 245 g/mol. The molecule has 1 N–H and O–H groups in total. The lowest BCUT2D eigenvalue weighted by atomic mass is 10.2. The van der Waals surface area contributed by atoms with E-state index in [2.05, 4.69) is 5.32 Å². The lowest BCUT2D eigenvalue weighted by Crippen LogP contribution is -2.04. The first-order valence-corrected chi connectivity index (χ1v) is 5.88. The van der Waals surface area contributed by atoms with Crippen LogP contribution >= 0.6 is 0 Å². The molecular weight excluding hydrogens is 229 g/mol. The van der Waals surface area contributed by atoms with E-state index in [1.165, 1.54) is 0 Å². The number of alkyl halides is 1. The van der Waals surface area contributed by atoms with Crippen molar-refractivity contribution in [3.63, 3.8) is 0 Å². The molecule has 2 aromatic carbocycles. The fourth-order valence-corrected chi connectivity index (χ4v) is 1.75. The van der Waals surface area contributed by atoms with E-state index in [1.54, 1.807) is 18.2 Å². The van der Waals surface area contributed by atoms with Gasteiger partial charge in [-0.05, 0) is 42.4 Å². The minimum atomic E-state index is -0.475. The zero-order chi connectivity index (χ0) is 12.8. The Kier molecular flexibility index (Phi) is 4.31. The molecule has 18 heavy (non-hydrogen) atoms. The molecule has 0 unspecified atom stereocenters. The molecule has 0 bridgehead atoms. The van der Waals surface area contributed by atoms with Crippen molar-refractivity contribution in [3.8, 4) is 11.5 Å². The lowest BCUT2D eigenvalue weighted by Gasteiger charge is -2.08. The first kappa shape index (κ1) is 12.6. The minimum Gasteiger partial charge on any atom is -0.457 e. The average Bonchev–Trinajstić information content (AvgIpc) is 2.40. The van der Waals surface area contributed by atoms with E-state index < -0.39 is 6.67 Å². The van der Waals surface area contributed by atoms with Crippen LogP contribution in [-0.2, 0) is 13.2 Å². The Morgan fingerprint density at radius 3 is 2.22 bits per heavy atom. The highest BCUT2D eigenvalue weighted by atomic mass is 19.1. The van der Waals surface area contributed by atoms with E-state index in [0.29, 0.717) is 11.3 Å². The van der Waals surface area contributed by atoms with Crippen LogP contribution in [0.3, 0.4) is 0 Å². The maximum atomic E-state index is 12.5. The van der Waals surface area contributed by atoms with Crippen molar-refractivity contribution in [2.45, 2.75) is 13.2 Å². The molecule has 0 radical (unpaired) electrons. The summed E-state index contributed by atoms with van der Waals surface area (Å²) in [7, 11) is 1.90. The molecule has 0 aliphatic rings. The molecule has 2 aromatic rings. The maximum absolute atomic E-state index is 12.5. The molecule has 0 saturated heterocycles. The van der Waals surface area contributed by atoms with Gasteiger partial charge in [0.2, 0.25) is 0 Å². The summed E-state index contributed by atoms with van der Waals surface area (Å²) in [5.41, 5.74) is 1.77. The second-order valence-corrected chi connectivity index (χ2v) is 4.06. The summed E-state index contributed by atoms with van der Waals surface area (Å²) in [6.45, 7) is 0.318. The second-order valence-electron chi connectivity index (χ2n) is 4.06. The number of hydrogen-bond acceptors (Lipinski definition) is 2. The SMILES string of the molecule is CNCc1cccc(Oc2cccc(CF)c2)c1. The molecule has 0 atom stereocenters. The van der Waals surface area contributed by atoms with E-state index in [1.807, 2.05) is 37.4 Å². The summed E-state index contributed by atoms with van der Waals surface area (Å²) in [6, 6.07) is 14.9. The minimum absolute atomic E-state index is 0.475. The van der Waals surface area contributed by atoms with Crippen LogP contribution in [-0.4, -0.2) is 7.05 Å². The Morgan fingerprint density at radius 2 is 1.61 bits per heavy atom. The number of hydrogen-bond donors (Lipinski definition) is 1. The highest BCUT2D eigenvalue weighted by molar-refractivity contribution is 5.35. The highest BCUT2D eigenvalue weighted by Gasteiger charge is 2.00. The normalized spacial score (nSPS) is 10.3. The second kappa shape index (κ2) is 6.17. The van der Waals surface area contributed by atoms with Gasteiger partial charge in [0.1, 0.15) is 18.2 Å². The van der Waals surface area contributed by atoms with Crippen molar-refractivity contribution in [3.05, 3.63) is 59.7 Å². The van der Waals surface area contributed by atoms with Crippen molar-refractivity contribution in [2.75, 3.05) is 7.05 Å². The fraction of sp³-hybridized carbons (Fsp3) is 0.200. The Hall–Kier alpha value is -1.87. The summed E-state index contributed by atoms with van der Waals surface area (Å²) in [4.78, 5) is 0. The summed E-state index contributed by atoms with van der Waals surface area (Å²) in [5, 5.41) is 3.09. The first-order valence-electron chi connectivity index (χ1n) is 5.88. The summed E-state index contributed by atoms with van der Waals surface area (Å²) in [5.74, 6) is 1.42. The Morgan fingerprint density at radius 1 is 1.00 bits per heavy atom. The van der Waals surface area contributed by atoms with Crippen LogP contribution in [0.25, 0.3) is 0 Å².